The van der Waals surface area contributed by atoms with Crippen molar-refractivity contribution in [2.24, 2.45) is 0 Å². The Hall–Kier alpha value is -2.58. The first kappa shape index (κ1) is 65.4. The summed E-state index contributed by atoms with van der Waals surface area (Å²) in [7, 11) is 1.23. The van der Waals surface area contributed by atoms with Crippen LogP contribution in [-0.2, 0) is 18.4 Å². The summed E-state index contributed by atoms with van der Waals surface area (Å²) in [6.45, 7) is 4.52. The van der Waals surface area contributed by atoms with Gasteiger partial charge in [-0.25, -0.2) is 0 Å². The van der Waals surface area contributed by atoms with Crippen LogP contribution in [0.3, 0.4) is 0 Å². The number of allylic oxidation sites excluding steroid dienone is 15. The van der Waals surface area contributed by atoms with Crippen LogP contribution in [0.15, 0.2) is 97.2 Å². The summed E-state index contributed by atoms with van der Waals surface area (Å²) >= 11 is 0. The van der Waals surface area contributed by atoms with Crippen LogP contribution in [-0.4, -0.2) is 68.5 Å². The highest BCUT2D eigenvalue weighted by atomic mass is 31.2. The summed E-state index contributed by atoms with van der Waals surface area (Å²) in [4.78, 5) is 25.5. The largest absolute Gasteiger partial charge is 0.756 e. The van der Waals surface area contributed by atoms with Crippen molar-refractivity contribution in [2.75, 3.05) is 40.9 Å². The van der Waals surface area contributed by atoms with Crippen LogP contribution < -0.4 is 10.2 Å². The van der Waals surface area contributed by atoms with Crippen molar-refractivity contribution in [1.29, 1.82) is 0 Å². The summed E-state index contributed by atoms with van der Waals surface area (Å²) in [6, 6.07) is -0.904. The molecule has 0 saturated carbocycles. The lowest BCUT2D eigenvalue weighted by atomic mass is 10.0. The van der Waals surface area contributed by atoms with Gasteiger partial charge in [0.25, 0.3) is 7.82 Å². The van der Waals surface area contributed by atoms with Crippen molar-refractivity contribution in [2.45, 2.75) is 231 Å². The van der Waals surface area contributed by atoms with Gasteiger partial charge in [-0.3, -0.25) is 9.36 Å². The molecule has 0 saturated heterocycles. The molecule has 0 fully saturated rings. The van der Waals surface area contributed by atoms with Gasteiger partial charge < -0.3 is 28.8 Å². The van der Waals surface area contributed by atoms with E-state index in [1.165, 1.54) is 96.3 Å². The minimum Gasteiger partial charge on any atom is -0.756 e. The van der Waals surface area contributed by atoms with Crippen molar-refractivity contribution in [3.8, 4) is 0 Å². The number of nitrogens with zero attached hydrogens (tertiary/aromatic N) is 1. The maximum Gasteiger partial charge on any atom is 0.268 e. The smallest absolute Gasteiger partial charge is 0.268 e. The number of amides is 1. The number of carbonyl (C=O) groups is 1. The van der Waals surface area contributed by atoms with Gasteiger partial charge in [-0.15, -0.1) is 0 Å². The molecule has 0 rings (SSSR count). The van der Waals surface area contributed by atoms with Crippen molar-refractivity contribution in [3.05, 3.63) is 97.2 Å². The number of aliphatic hydroxyl groups excluding tert-OH is 1. The Morgan fingerprint density at radius 3 is 1.31 bits per heavy atom. The van der Waals surface area contributed by atoms with Gasteiger partial charge in [-0.05, 0) is 77.0 Å². The molecule has 9 heteroatoms. The van der Waals surface area contributed by atoms with Gasteiger partial charge in [0.2, 0.25) is 5.91 Å². The summed E-state index contributed by atoms with van der Waals surface area (Å²) in [5.41, 5.74) is 0. The number of phosphoric ester groups is 1. The second kappa shape index (κ2) is 49.4. The zero-order valence-corrected chi connectivity index (χ0v) is 45.4. The lowest BCUT2D eigenvalue weighted by Gasteiger charge is -2.29. The highest BCUT2D eigenvalue weighted by Gasteiger charge is 2.23. The van der Waals surface area contributed by atoms with E-state index in [0.29, 0.717) is 17.4 Å². The van der Waals surface area contributed by atoms with E-state index >= 15 is 0 Å². The van der Waals surface area contributed by atoms with Gasteiger partial charge >= 0.3 is 0 Å². The Balaban J connectivity index is 4.34. The second-order valence-corrected chi connectivity index (χ2v) is 21.0. The predicted octanol–water partition coefficient (Wildman–Crippen LogP) is 16.0. The molecule has 3 unspecified atom stereocenters. The number of hydrogen-bond donors (Lipinski definition) is 2. The van der Waals surface area contributed by atoms with Crippen LogP contribution in [0, 0.1) is 0 Å². The molecular formula is C59H105N2O6P. The van der Waals surface area contributed by atoms with E-state index in [0.717, 1.165) is 103 Å². The van der Waals surface area contributed by atoms with Gasteiger partial charge in [-0.1, -0.05) is 233 Å². The fourth-order valence-electron chi connectivity index (χ4n) is 7.49. The van der Waals surface area contributed by atoms with Gasteiger partial charge in [0.05, 0.1) is 39.9 Å². The number of hydrogen-bond acceptors (Lipinski definition) is 6. The average molecular weight is 969 g/mol. The maximum atomic E-state index is 12.9. The van der Waals surface area contributed by atoms with E-state index in [-0.39, 0.29) is 12.5 Å². The van der Waals surface area contributed by atoms with Gasteiger partial charge in [0.15, 0.2) is 0 Å². The molecule has 2 N–H and O–H groups in total. The average Bonchev–Trinajstić information content (AvgIpc) is 3.30. The second-order valence-electron chi connectivity index (χ2n) is 19.6. The van der Waals surface area contributed by atoms with Crippen molar-refractivity contribution >= 4 is 13.7 Å². The van der Waals surface area contributed by atoms with Crippen LogP contribution in [0.5, 0.6) is 0 Å². The Bertz CT molecular complexity index is 1420. The van der Waals surface area contributed by atoms with Crippen LogP contribution >= 0.6 is 7.82 Å². The molecule has 0 aromatic carbocycles. The molecule has 1 amide bonds. The molecule has 0 aliphatic carbocycles. The van der Waals surface area contributed by atoms with E-state index in [2.05, 4.69) is 104 Å². The third-order valence-corrected chi connectivity index (χ3v) is 12.8. The summed E-state index contributed by atoms with van der Waals surface area (Å²) < 4.78 is 23.3. The number of nitrogens with one attached hydrogen (secondary N) is 1. The zero-order chi connectivity index (χ0) is 49.9. The summed E-state index contributed by atoms with van der Waals surface area (Å²) in [6.07, 6.45) is 70.4. The quantitative estimate of drug-likeness (QED) is 0.0272. The minimum atomic E-state index is -4.61. The lowest BCUT2D eigenvalue weighted by Crippen LogP contribution is -2.45. The molecular weight excluding hydrogens is 864 g/mol. The maximum absolute atomic E-state index is 12.9. The highest BCUT2D eigenvalue weighted by molar-refractivity contribution is 7.45. The monoisotopic (exact) mass is 969 g/mol. The van der Waals surface area contributed by atoms with Gasteiger partial charge in [0.1, 0.15) is 13.2 Å². The molecule has 0 bridgehead atoms. The molecule has 3 atom stereocenters. The SMILES string of the molecule is CC/C=C\C/C=C\C/C=C\C/C=C\C/C=C\C/C=C\C/C=C\CCCCCCCC(=O)NC(COP(=O)([O-])OCC[N+](C)(C)C)C(O)/C=C/CCCCCCCCCCCCCCCCCCC. The standard InChI is InChI=1S/C59H105N2O6P/c1-6-8-10-12-14-16-18-20-22-24-26-27-28-29-30-31-32-33-35-37-39-41-43-45-47-49-51-53-59(63)60-57(56-67-68(64,65)66-55-54-61(3,4)5)58(62)52-50-48-46-44-42-40-38-36-34-25-23-21-19-17-15-13-11-9-7-2/h8,10,14,16,20,22,26-27,29-30,32-33,37,39,50,52,57-58,62H,6-7,9,11-13,15,17-19,21,23-25,28,31,34-36,38,40-49,51,53-56H2,1-5H3,(H-,60,63,64,65)/b10-8-,16-14-,22-20-,27-26-,30-29-,33-32-,39-37-,52-50+. The third-order valence-electron chi connectivity index (χ3n) is 11.8. The summed E-state index contributed by atoms with van der Waals surface area (Å²) in [5, 5.41) is 13.9. The van der Waals surface area contributed by atoms with Gasteiger partial charge in [-0.2, -0.15) is 0 Å². The normalized spacial score (nSPS) is 14.8. The van der Waals surface area contributed by atoms with E-state index in [9.17, 15) is 19.4 Å². The molecule has 0 radical (unpaired) electrons. The lowest BCUT2D eigenvalue weighted by molar-refractivity contribution is -0.870. The number of aliphatic hydroxyl groups is 1. The van der Waals surface area contributed by atoms with Crippen LogP contribution in [0.4, 0.5) is 0 Å². The van der Waals surface area contributed by atoms with E-state index < -0.39 is 26.6 Å². The van der Waals surface area contributed by atoms with Crippen molar-refractivity contribution in [1.82, 2.24) is 5.32 Å². The number of carbonyl (C=O) groups excluding carboxylic acids is 1. The molecule has 0 aliphatic rings. The van der Waals surface area contributed by atoms with Crippen LogP contribution in [0.25, 0.3) is 0 Å². The van der Waals surface area contributed by atoms with Crippen LogP contribution in [0.1, 0.15) is 219 Å². The van der Waals surface area contributed by atoms with Gasteiger partial charge in [0, 0.05) is 6.42 Å². The first-order valence-corrected chi connectivity index (χ1v) is 29.1. The first-order valence-electron chi connectivity index (χ1n) is 27.6. The first-order chi connectivity index (χ1) is 33.0. The third kappa shape index (κ3) is 51.3. The Morgan fingerprint density at radius 2 is 0.897 bits per heavy atom. The van der Waals surface area contributed by atoms with E-state index in [4.69, 9.17) is 9.05 Å². The van der Waals surface area contributed by atoms with Crippen molar-refractivity contribution in [3.63, 3.8) is 0 Å². The van der Waals surface area contributed by atoms with E-state index in [1.54, 1.807) is 6.08 Å². The number of quaternary nitrogens is 1. The van der Waals surface area contributed by atoms with Crippen LogP contribution in [0.2, 0.25) is 0 Å². The highest BCUT2D eigenvalue weighted by Crippen LogP contribution is 2.38. The number of rotatable bonds is 49. The van der Waals surface area contributed by atoms with Crippen molar-refractivity contribution < 1.29 is 32.9 Å². The topological polar surface area (TPSA) is 108 Å². The summed E-state index contributed by atoms with van der Waals surface area (Å²) in [5.74, 6) is -0.219. The molecule has 0 aromatic heterocycles. The zero-order valence-electron chi connectivity index (χ0n) is 44.5. The molecule has 0 heterocycles. The Labute approximate surface area is 419 Å². The molecule has 0 spiro atoms. The molecule has 68 heavy (non-hydrogen) atoms. The predicted molar refractivity (Wildman–Crippen MR) is 293 cm³/mol. The molecule has 0 aromatic rings. The van der Waals surface area contributed by atoms with E-state index in [1.807, 2.05) is 27.2 Å². The minimum absolute atomic E-state index is 0.0102. The molecule has 392 valence electrons. The number of phosphoric acid groups is 1. The Kier molecular flexibility index (Phi) is 47.5. The molecule has 0 aliphatic heterocycles. The number of likely N-dealkylation sites (N-methyl/N-ethyl adjacent to an activating group) is 1. The fraction of sp³-hybridized carbons (Fsp3) is 0.712. The fourth-order valence-corrected chi connectivity index (χ4v) is 8.21. The molecule has 8 nitrogen and oxygen atoms in total. The number of unbranched alkanes of at least 4 members (excludes halogenated alkanes) is 22. The Morgan fingerprint density at radius 1 is 0.529 bits per heavy atom.